The molecule has 1 N–H and O–H groups in total. The monoisotopic (exact) mass is 355 g/mol. The molecule has 0 radical (unpaired) electrons. The maximum Gasteiger partial charge on any atom is 0.368 e. The number of nitro groups is 1. The third-order valence-corrected chi connectivity index (χ3v) is 4.12. The molecule has 0 aliphatic heterocycles. The lowest BCUT2D eigenvalue weighted by Crippen LogP contribution is -2.13. The van der Waals surface area contributed by atoms with Crippen LogP contribution in [-0.4, -0.2) is 25.6 Å². The summed E-state index contributed by atoms with van der Waals surface area (Å²) in [5.74, 6) is 1.19. The lowest BCUT2D eigenvalue weighted by atomic mass is 10.1. The minimum atomic E-state index is -0.505. The number of fused-ring (bicyclic) bond motifs is 1. The first-order valence-electron chi connectivity index (χ1n) is 8.47. The highest BCUT2D eigenvalue weighted by Crippen LogP contribution is 2.23. The molecule has 2 heterocycles. The number of aromatic nitrogens is 3. The van der Waals surface area contributed by atoms with Crippen LogP contribution < -0.4 is 10.1 Å². The van der Waals surface area contributed by atoms with Crippen molar-refractivity contribution in [3.63, 3.8) is 0 Å². The largest absolute Gasteiger partial charge is 0.490 e. The fourth-order valence-corrected chi connectivity index (χ4v) is 2.48. The van der Waals surface area contributed by atoms with E-state index in [9.17, 15) is 10.1 Å². The minimum absolute atomic E-state index is 0.124. The van der Waals surface area contributed by atoms with Crippen LogP contribution in [0.2, 0.25) is 0 Å². The number of rotatable bonds is 7. The van der Waals surface area contributed by atoms with Gasteiger partial charge in [0.2, 0.25) is 5.65 Å². The van der Waals surface area contributed by atoms with Gasteiger partial charge in [0.1, 0.15) is 11.9 Å². The molecule has 3 rings (SSSR count). The second kappa shape index (κ2) is 7.38. The van der Waals surface area contributed by atoms with E-state index >= 15 is 0 Å². The van der Waals surface area contributed by atoms with Gasteiger partial charge >= 0.3 is 5.82 Å². The van der Waals surface area contributed by atoms with E-state index in [1.165, 1.54) is 10.7 Å². The smallest absolute Gasteiger partial charge is 0.368 e. The molecule has 0 saturated carbocycles. The van der Waals surface area contributed by atoms with Crippen molar-refractivity contribution in [1.82, 2.24) is 14.6 Å². The zero-order valence-electron chi connectivity index (χ0n) is 15.0. The molecule has 0 saturated heterocycles. The molecule has 0 aliphatic rings. The van der Waals surface area contributed by atoms with Crippen LogP contribution in [0.3, 0.4) is 0 Å². The van der Waals surface area contributed by atoms with Crippen molar-refractivity contribution in [1.29, 1.82) is 0 Å². The molecule has 3 aromatic rings. The highest BCUT2D eigenvalue weighted by Gasteiger charge is 2.16. The Balaban J connectivity index is 1.81. The number of hydrogen-bond acceptors (Lipinski definition) is 6. The van der Waals surface area contributed by atoms with Gasteiger partial charge in [-0.05, 0) is 42.9 Å². The lowest BCUT2D eigenvalue weighted by Gasteiger charge is -2.17. The number of nitrogens with zero attached hydrogens (tertiary/aromatic N) is 4. The summed E-state index contributed by atoms with van der Waals surface area (Å²) in [4.78, 5) is 14.5. The van der Waals surface area contributed by atoms with Crippen molar-refractivity contribution < 1.29 is 9.66 Å². The van der Waals surface area contributed by atoms with Crippen molar-refractivity contribution in [3.05, 3.63) is 57.8 Å². The molecule has 26 heavy (non-hydrogen) atoms. The minimum Gasteiger partial charge on any atom is -0.490 e. The van der Waals surface area contributed by atoms with E-state index in [4.69, 9.17) is 4.74 Å². The number of aryl methyl sites for hydroxylation is 1. The van der Waals surface area contributed by atoms with Gasteiger partial charge in [0, 0.05) is 18.2 Å². The third kappa shape index (κ3) is 3.74. The van der Waals surface area contributed by atoms with Gasteiger partial charge in [-0.25, -0.2) is 4.98 Å². The predicted octanol–water partition coefficient (Wildman–Crippen LogP) is 3.74. The first-order valence-corrected chi connectivity index (χ1v) is 8.47. The molecular weight excluding hydrogens is 334 g/mol. The molecular formula is C18H21N5O3. The van der Waals surface area contributed by atoms with Gasteiger partial charge < -0.3 is 20.2 Å². The molecule has 136 valence electrons. The van der Waals surface area contributed by atoms with E-state index in [2.05, 4.69) is 22.3 Å². The van der Waals surface area contributed by atoms with Gasteiger partial charge in [0.15, 0.2) is 5.82 Å². The molecule has 0 bridgehead atoms. The van der Waals surface area contributed by atoms with Crippen molar-refractivity contribution >= 4 is 17.3 Å². The molecule has 0 spiro atoms. The number of imidazole rings is 1. The summed E-state index contributed by atoms with van der Waals surface area (Å²) in [6, 6.07) is 9.49. The summed E-state index contributed by atoms with van der Waals surface area (Å²) in [6.45, 7) is 6.63. The molecule has 1 unspecified atom stereocenters. The second-order valence-electron chi connectivity index (χ2n) is 6.16. The number of nitrogens with one attached hydrogen (secondary N) is 1. The molecule has 8 heteroatoms. The average molecular weight is 355 g/mol. The highest BCUT2D eigenvalue weighted by atomic mass is 16.6. The molecule has 8 nitrogen and oxygen atoms in total. The quantitative estimate of drug-likeness (QED) is 0.512. The standard InChI is InChI=1S/C18H21N5O3/c1-4-13(3)26-15-9-12(2)5-6-14(15)10-19-16-7-8-17-20-11-18(23(24)25)22(17)21-16/h5-9,11,13H,4,10H2,1-3H3,(H,19,21). The summed E-state index contributed by atoms with van der Waals surface area (Å²) in [5, 5.41) is 18.5. The molecule has 1 atom stereocenters. The lowest BCUT2D eigenvalue weighted by molar-refractivity contribution is -0.391. The highest BCUT2D eigenvalue weighted by molar-refractivity contribution is 5.49. The summed E-state index contributed by atoms with van der Waals surface area (Å²) in [7, 11) is 0. The first kappa shape index (κ1) is 17.7. The Hall–Kier alpha value is -3.16. The van der Waals surface area contributed by atoms with Gasteiger partial charge in [-0.1, -0.05) is 28.7 Å². The molecule has 0 fully saturated rings. The predicted molar refractivity (Wildman–Crippen MR) is 98.5 cm³/mol. The van der Waals surface area contributed by atoms with Crippen LogP contribution in [0.15, 0.2) is 36.5 Å². The van der Waals surface area contributed by atoms with Gasteiger partial charge in [0.25, 0.3) is 0 Å². The topological polar surface area (TPSA) is 94.6 Å². The van der Waals surface area contributed by atoms with Gasteiger partial charge in [0.05, 0.1) is 6.10 Å². The molecule has 1 aromatic carbocycles. The maximum atomic E-state index is 11.0. The van der Waals surface area contributed by atoms with Crippen molar-refractivity contribution in [2.24, 2.45) is 0 Å². The van der Waals surface area contributed by atoms with Crippen LogP contribution in [-0.2, 0) is 6.54 Å². The fraction of sp³-hybridized carbons (Fsp3) is 0.333. The number of anilines is 1. The maximum absolute atomic E-state index is 11.0. The SMILES string of the molecule is CCC(C)Oc1cc(C)ccc1CNc1ccc2ncc([N+](=O)[O-])n2n1. The second-order valence-corrected chi connectivity index (χ2v) is 6.16. The zero-order chi connectivity index (χ0) is 18.7. The Kier molecular flexibility index (Phi) is 5.01. The Morgan fingerprint density at radius 1 is 1.35 bits per heavy atom. The summed E-state index contributed by atoms with van der Waals surface area (Å²) < 4.78 is 7.22. The van der Waals surface area contributed by atoms with Crippen LogP contribution in [0, 0.1) is 17.0 Å². The van der Waals surface area contributed by atoms with E-state index in [0.717, 1.165) is 23.3 Å². The van der Waals surface area contributed by atoms with E-state index in [1.54, 1.807) is 12.1 Å². The molecule has 0 aliphatic carbocycles. The van der Waals surface area contributed by atoms with Gasteiger partial charge in [-0.2, -0.15) is 0 Å². The molecule has 0 amide bonds. The summed E-state index contributed by atoms with van der Waals surface area (Å²) >= 11 is 0. The van der Waals surface area contributed by atoms with E-state index in [-0.39, 0.29) is 11.9 Å². The Labute approximate surface area is 151 Å². The van der Waals surface area contributed by atoms with Crippen molar-refractivity contribution in [2.45, 2.75) is 39.8 Å². The number of ether oxygens (including phenoxy) is 1. The fourth-order valence-electron chi connectivity index (χ4n) is 2.48. The third-order valence-electron chi connectivity index (χ3n) is 4.12. The van der Waals surface area contributed by atoms with Gasteiger partial charge in [-0.3, -0.25) is 0 Å². The number of hydrogen-bond donors (Lipinski definition) is 1. The average Bonchev–Trinajstić information content (AvgIpc) is 3.04. The van der Waals surface area contributed by atoms with Crippen LogP contribution in [0.25, 0.3) is 5.65 Å². The van der Waals surface area contributed by atoms with Crippen LogP contribution in [0.1, 0.15) is 31.4 Å². The van der Waals surface area contributed by atoms with Crippen LogP contribution in [0.5, 0.6) is 5.75 Å². The normalized spacial score (nSPS) is 12.1. The van der Waals surface area contributed by atoms with E-state index in [1.807, 2.05) is 32.0 Å². The van der Waals surface area contributed by atoms with Gasteiger partial charge in [-0.15, -0.1) is 0 Å². The summed E-state index contributed by atoms with van der Waals surface area (Å²) in [5.41, 5.74) is 2.55. The van der Waals surface area contributed by atoms with Crippen molar-refractivity contribution in [2.75, 3.05) is 5.32 Å². The Morgan fingerprint density at radius 3 is 2.88 bits per heavy atom. The van der Waals surface area contributed by atoms with E-state index in [0.29, 0.717) is 18.0 Å². The first-order chi connectivity index (χ1) is 12.5. The zero-order valence-corrected chi connectivity index (χ0v) is 15.0. The van der Waals surface area contributed by atoms with Crippen molar-refractivity contribution in [3.8, 4) is 5.75 Å². The summed E-state index contributed by atoms with van der Waals surface area (Å²) in [6.07, 6.45) is 2.24. The van der Waals surface area contributed by atoms with Crippen LogP contribution in [0.4, 0.5) is 11.6 Å². The van der Waals surface area contributed by atoms with E-state index < -0.39 is 4.92 Å². The Morgan fingerprint density at radius 2 is 2.15 bits per heavy atom. The molecule has 2 aromatic heterocycles. The number of benzene rings is 1. The Bertz CT molecular complexity index is 938. The van der Waals surface area contributed by atoms with Crippen LogP contribution >= 0.6 is 0 Å².